The molecule has 1 amide bonds. The molecular formula is C16H16ClFN2O. The monoisotopic (exact) mass is 306 g/mol. The van der Waals surface area contributed by atoms with Gasteiger partial charge in [-0.15, -0.1) is 0 Å². The van der Waals surface area contributed by atoms with Gasteiger partial charge in [-0.2, -0.15) is 0 Å². The zero-order chi connectivity index (χ0) is 15.6. The SMILES string of the molecule is Cc1ccc(CN(C)C(=O)c2cc(F)cnc2Cl)c(C)c1. The number of hydrogen-bond acceptors (Lipinski definition) is 2. The molecule has 0 bridgehead atoms. The molecule has 5 heteroatoms. The van der Waals surface area contributed by atoms with E-state index in [9.17, 15) is 9.18 Å². The van der Waals surface area contributed by atoms with Gasteiger partial charge in [0.2, 0.25) is 0 Å². The van der Waals surface area contributed by atoms with E-state index < -0.39 is 5.82 Å². The van der Waals surface area contributed by atoms with Gasteiger partial charge in [-0.25, -0.2) is 9.37 Å². The van der Waals surface area contributed by atoms with Crippen LogP contribution >= 0.6 is 11.6 Å². The number of carbonyl (C=O) groups is 1. The first-order valence-corrected chi connectivity index (χ1v) is 6.89. The number of benzene rings is 1. The number of halogens is 2. The maximum absolute atomic E-state index is 13.2. The van der Waals surface area contributed by atoms with Crippen LogP contribution in [0.25, 0.3) is 0 Å². The number of rotatable bonds is 3. The highest BCUT2D eigenvalue weighted by Crippen LogP contribution is 2.18. The van der Waals surface area contributed by atoms with Gasteiger partial charge in [-0.3, -0.25) is 4.79 Å². The van der Waals surface area contributed by atoms with Gasteiger partial charge in [-0.05, 0) is 31.0 Å². The molecular weight excluding hydrogens is 291 g/mol. The lowest BCUT2D eigenvalue weighted by Crippen LogP contribution is -2.27. The van der Waals surface area contributed by atoms with Gasteiger partial charge in [0.1, 0.15) is 11.0 Å². The summed E-state index contributed by atoms with van der Waals surface area (Å²) in [7, 11) is 1.66. The highest BCUT2D eigenvalue weighted by molar-refractivity contribution is 6.32. The lowest BCUT2D eigenvalue weighted by molar-refractivity contribution is 0.0784. The second kappa shape index (κ2) is 6.22. The summed E-state index contributed by atoms with van der Waals surface area (Å²) in [5.41, 5.74) is 3.39. The molecule has 0 atom stereocenters. The molecule has 3 nitrogen and oxygen atoms in total. The third-order valence-corrected chi connectivity index (χ3v) is 3.59. The fraction of sp³-hybridized carbons (Fsp3) is 0.250. The van der Waals surface area contributed by atoms with E-state index in [4.69, 9.17) is 11.6 Å². The molecule has 0 spiro atoms. The first-order chi connectivity index (χ1) is 9.88. The first-order valence-electron chi connectivity index (χ1n) is 6.51. The molecule has 0 N–H and O–H groups in total. The van der Waals surface area contributed by atoms with Gasteiger partial charge in [0.25, 0.3) is 5.91 Å². The molecule has 2 rings (SSSR count). The Hall–Kier alpha value is -1.94. The summed E-state index contributed by atoms with van der Waals surface area (Å²) in [5, 5.41) is 0.00822. The molecule has 21 heavy (non-hydrogen) atoms. The Morgan fingerprint density at radius 3 is 2.71 bits per heavy atom. The third kappa shape index (κ3) is 3.58. The van der Waals surface area contributed by atoms with Crippen LogP contribution in [0.15, 0.2) is 30.5 Å². The second-order valence-corrected chi connectivity index (χ2v) is 5.44. The summed E-state index contributed by atoms with van der Waals surface area (Å²) < 4.78 is 13.2. The molecule has 0 aliphatic carbocycles. The fourth-order valence-electron chi connectivity index (χ4n) is 2.13. The molecule has 0 saturated carbocycles. The highest BCUT2D eigenvalue weighted by Gasteiger charge is 2.17. The fourth-order valence-corrected chi connectivity index (χ4v) is 2.31. The van der Waals surface area contributed by atoms with Crippen LogP contribution in [0.1, 0.15) is 27.0 Å². The van der Waals surface area contributed by atoms with Crippen molar-refractivity contribution in [3.63, 3.8) is 0 Å². The van der Waals surface area contributed by atoms with Crippen molar-refractivity contribution in [3.8, 4) is 0 Å². The van der Waals surface area contributed by atoms with Crippen LogP contribution in [0, 0.1) is 19.7 Å². The normalized spacial score (nSPS) is 10.5. The van der Waals surface area contributed by atoms with Gasteiger partial charge in [0.05, 0.1) is 11.8 Å². The minimum atomic E-state index is -0.581. The zero-order valence-electron chi connectivity index (χ0n) is 12.2. The van der Waals surface area contributed by atoms with E-state index in [1.807, 2.05) is 26.0 Å². The molecule has 0 aliphatic rings. The largest absolute Gasteiger partial charge is 0.337 e. The Morgan fingerprint density at radius 1 is 1.33 bits per heavy atom. The van der Waals surface area contributed by atoms with Gasteiger partial charge in [-0.1, -0.05) is 35.4 Å². The summed E-state index contributed by atoms with van der Waals surface area (Å²) in [6, 6.07) is 7.15. The first kappa shape index (κ1) is 15.4. The second-order valence-electron chi connectivity index (χ2n) is 5.08. The van der Waals surface area contributed by atoms with E-state index in [2.05, 4.69) is 11.1 Å². The van der Waals surface area contributed by atoms with Gasteiger partial charge >= 0.3 is 0 Å². The summed E-state index contributed by atoms with van der Waals surface area (Å²) >= 11 is 5.86. The molecule has 0 unspecified atom stereocenters. The average molecular weight is 307 g/mol. The van der Waals surface area contributed by atoms with Crippen molar-refractivity contribution in [2.75, 3.05) is 7.05 Å². The van der Waals surface area contributed by atoms with Crippen molar-refractivity contribution in [2.24, 2.45) is 0 Å². The van der Waals surface area contributed by atoms with Crippen molar-refractivity contribution in [1.82, 2.24) is 9.88 Å². The number of hydrogen-bond donors (Lipinski definition) is 0. The van der Waals surface area contributed by atoms with E-state index in [0.717, 1.165) is 23.4 Å². The molecule has 1 aromatic carbocycles. The van der Waals surface area contributed by atoms with Gasteiger partial charge in [0, 0.05) is 13.6 Å². The van der Waals surface area contributed by atoms with Crippen molar-refractivity contribution < 1.29 is 9.18 Å². The van der Waals surface area contributed by atoms with Crippen molar-refractivity contribution in [3.05, 3.63) is 63.7 Å². The van der Waals surface area contributed by atoms with Gasteiger partial charge in [0.15, 0.2) is 0 Å². The molecule has 2 aromatic rings. The molecule has 0 saturated heterocycles. The van der Waals surface area contributed by atoms with Crippen LogP contribution in [0.3, 0.4) is 0 Å². The van der Waals surface area contributed by atoms with E-state index in [0.29, 0.717) is 6.54 Å². The number of aromatic nitrogens is 1. The zero-order valence-corrected chi connectivity index (χ0v) is 12.9. The maximum Gasteiger partial charge on any atom is 0.257 e. The molecule has 1 heterocycles. The molecule has 1 aromatic heterocycles. The Morgan fingerprint density at radius 2 is 2.05 bits per heavy atom. The Kier molecular flexibility index (Phi) is 4.58. The third-order valence-electron chi connectivity index (χ3n) is 3.29. The predicted molar refractivity (Wildman–Crippen MR) is 80.9 cm³/mol. The van der Waals surface area contributed by atoms with Gasteiger partial charge < -0.3 is 4.90 Å². The summed E-state index contributed by atoms with van der Waals surface area (Å²) in [5.74, 6) is -0.936. The van der Waals surface area contributed by atoms with E-state index in [-0.39, 0.29) is 16.6 Å². The lowest BCUT2D eigenvalue weighted by atomic mass is 10.1. The number of carbonyl (C=O) groups excluding carboxylic acids is 1. The predicted octanol–water partition coefficient (Wildman–Crippen LogP) is 3.76. The summed E-state index contributed by atoms with van der Waals surface area (Å²) in [6.07, 6.45) is 0.989. The van der Waals surface area contributed by atoms with Crippen LogP contribution in [0.5, 0.6) is 0 Å². The van der Waals surface area contributed by atoms with Crippen LogP contribution in [0.4, 0.5) is 4.39 Å². The Labute approximate surface area is 128 Å². The standard InChI is InChI=1S/C16H16ClFN2O/c1-10-4-5-12(11(2)6-10)9-20(3)16(21)14-7-13(18)8-19-15(14)17/h4-8H,9H2,1-3H3. The topological polar surface area (TPSA) is 33.2 Å². The average Bonchev–Trinajstić information content (AvgIpc) is 2.43. The van der Waals surface area contributed by atoms with Crippen LogP contribution in [-0.4, -0.2) is 22.8 Å². The number of pyridine rings is 1. The molecule has 0 aliphatic heterocycles. The van der Waals surface area contributed by atoms with Crippen LogP contribution in [0.2, 0.25) is 5.15 Å². The Balaban J connectivity index is 2.21. The van der Waals surface area contributed by atoms with Crippen LogP contribution < -0.4 is 0 Å². The van der Waals surface area contributed by atoms with E-state index >= 15 is 0 Å². The molecule has 0 radical (unpaired) electrons. The number of nitrogens with zero attached hydrogens (tertiary/aromatic N) is 2. The number of amides is 1. The van der Waals surface area contributed by atoms with E-state index in [1.54, 1.807) is 7.05 Å². The molecule has 110 valence electrons. The Bertz CT molecular complexity index is 688. The van der Waals surface area contributed by atoms with Crippen molar-refractivity contribution in [1.29, 1.82) is 0 Å². The van der Waals surface area contributed by atoms with Crippen LogP contribution in [-0.2, 0) is 6.54 Å². The van der Waals surface area contributed by atoms with E-state index in [1.165, 1.54) is 10.5 Å². The quantitative estimate of drug-likeness (QED) is 0.809. The smallest absolute Gasteiger partial charge is 0.257 e. The minimum absolute atomic E-state index is 0.00822. The maximum atomic E-state index is 13.2. The number of aryl methyl sites for hydroxylation is 2. The van der Waals surface area contributed by atoms with Crippen molar-refractivity contribution >= 4 is 17.5 Å². The highest BCUT2D eigenvalue weighted by atomic mass is 35.5. The minimum Gasteiger partial charge on any atom is -0.337 e. The lowest BCUT2D eigenvalue weighted by Gasteiger charge is -2.19. The summed E-state index contributed by atoms with van der Waals surface area (Å²) in [4.78, 5) is 17.5. The molecule has 0 fully saturated rings. The summed E-state index contributed by atoms with van der Waals surface area (Å²) in [6.45, 7) is 4.44. The van der Waals surface area contributed by atoms with Crippen molar-refractivity contribution in [2.45, 2.75) is 20.4 Å².